The minimum atomic E-state index is -0.0293. The van der Waals surface area contributed by atoms with Gasteiger partial charge >= 0.3 is 0 Å². The van der Waals surface area contributed by atoms with Crippen molar-refractivity contribution < 1.29 is 13.9 Å². The quantitative estimate of drug-likeness (QED) is 0.874. The van der Waals surface area contributed by atoms with Gasteiger partial charge in [-0.1, -0.05) is 6.07 Å². The van der Waals surface area contributed by atoms with E-state index in [1.807, 2.05) is 36.1 Å². The zero-order valence-electron chi connectivity index (χ0n) is 12.9. The van der Waals surface area contributed by atoms with Crippen LogP contribution in [0.3, 0.4) is 0 Å². The number of hydrogen-bond donors (Lipinski definition) is 0. The highest BCUT2D eigenvalue weighted by molar-refractivity contribution is 5.91. The number of furan rings is 1. The maximum absolute atomic E-state index is 12.4. The van der Waals surface area contributed by atoms with Crippen LogP contribution in [-0.2, 0) is 0 Å². The molecule has 1 aromatic carbocycles. The molecule has 1 saturated heterocycles. The van der Waals surface area contributed by atoms with Crippen molar-refractivity contribution in [2.24, 2.45) is 0 Å². The van der Waals surface area contributed by atoms with Crippen molar-refractivity contribution in [3.05, 3.63) is 47.9 Å². The average molecular weight is 300 g/mol. The number of nitrogens with zero attached hydrogens (tertiary/aromatic N) is 2. The molecule has 1 aromatic heterocycles. The standard InChI is InChI=1S/C17H20N2O3/c1-13-6-7-16(22-13)17(20)19-10-8-18(9-11-19)14-4-3-5-15(12-14)21-2/h3-7,12H,8-11H2,1-2H3. The van der Waals surface area contributed by atoms with Gasteiger partial charge in [-0.15, -0.1) is 0 Å². The number of carbonyl (C=O) groups is 1. The Morgan fingerprint density at radius 1 is 1.14 bits per heavy atom. The highest BCUT2D eigenvalue weighted by atomic mass is 16.5. The highest BCUT2D eigenvalue weighted by Gasteiger charge is 2.24. The molecule has 3 rings (SSSR count). The SMILES string of the molecule is COc1cccc(N2CCN(C(=O)c3ccc(C)o3)CC2)c1. The Labute approximate surface area is 130 Å². The maximum Gasteiger partial charge on any atom is 0.289 e. The number of methoxy groups -OCH3 is 1. The van der Waals surface area contributed by atoms with Crippen molar-refractivity contribution in [1.82, 2.24) is 4.90 Å². The minimum Gasteiger partial charge on any atom is -0.497 e. The van der Waals surface area contributed by atoms with Crippen LogP contribution < -0.4 is 9.64 Å². The van der Waals surface area contributed by atoms with Crippen LogP contribution in [0.25, 0.3) is 0 Å². The van der Waals surface area contributed by atoms with Gasteiger partial charge < -0.3 is 19.0 Å². The molecule has 2 aromatic rings. The molecule has 1 fully saturated rings. The normalized spacial score (nSPS) is 15.0. The zero-order chi connectivity index (χ0) is 15.5. The van der Waals surface area contributed by atoms with E-state index in [-0.39, 0.29) is 5.91 Å². The van der Waals surface area contributed by atoms with Gasteiger partial charge in [0.1, 0.15) is 11.5 Å². The molecule has 5 heteroatoms. The fraction of sp³-hybridized carbons (Fsp3) is 0.353. The molecule has 0 radical (unpaired) electrons. The summed E-state index contributed by atoms with van der Waals surface area (Å²) in [5.41, 5.74) is 1.13. The summed E-state index contributed by atoms with van der Waals surface area (Å²) < 4.78 is 10.7. The summed E-state index contributed by atoms with van der Waals surface area (Å²) in [6.07, 6.45) is 0. The molecule has 0 spiro atoms. The predicted molar refractivity (Wildman–Crippen MR) is 84.6 cm³/mol. The van der Waals surface area contributed by atoms with Crippen LogP contribution in [0.2, 0.25) is 0 Å². The molecule has 1 amide bonds. The van der Waals surface area contributed by atoms with Crippen molar-refractivity contribution in [2.75, 3.05) is 38.2 Å². The van der Waals surface area contributed by atoms with E-state index in [4.69, 9.17) is 9.15 Å². The summed E-state index contributed by atoms with van der Waals surface area (Å²) in [4.78, 5) is 16.5. The molecule has 0 saturated carbocycles. The molecule has 1 aliphatic heterocycles. The molecular formula is C17H20N2O3. The smallest absolute Gasteiger partial charge is 0.289 e. The van der Waals surface area contributed by atoms with Crippen molar-refractivity contribution in [1.29, 1.82) is 0 Å². The van der Waals surface area contributed by atoms with E-state index in [9.17, 15) is 4.79 Å². The molecule has 0 atom stereocenters. The van der Waals surface area contributed by atoms with Gasteiger partial charge in [0.25, 0.3) is 5.91 Å². The topological polar surface area (TPSA) is 45.9 Å². The molecule has 0 unspecified atom stereocenters. The van der Waals surface area contributed by atoms with Crippen LogP contribution in [0, 0.1) is 6.92 Å². The number of benzene rings is 1. The summed E-state index contributed by atoms with van der Waals surface area (Å²) >= 11 is 0. The van der Waals surface area contributed by atoms with Crippen LogP contribution in [0.1, 0.15) is 16.3 Å². The van der Waals surface area contributed by atoms with Crippen LogP contribution in [-0.4, -0.2) is 44.1 Å². The van der Waals surface area contributed by atoms with E-state index in [2.05, 4.69) is 11.0 Å². The Hall–Kier alpha value is -2.43. The Kier molecular flexibility index (Phi) is 4.04. The van der Waals surface area contributed by atoms with E-state index >= 15 is 0 Å². The first-order chi connectivity index (χ1) is 10.7. The van der Waals surface area contributed by atoms with Crippen molar-refractivity contribution >= 4 is 11.6 Å². The molecule has 0 N–H and O–H groups in total. The van der Waals surface area contributed by atoms with Gasteiger partial charge in [-0.05, 0) is 31.2 Å². The van der Waals surface area contributed by atoms with Crippen molar-refractivity contribution in [3.8, 4) is 5.75 Å². The third kappa shape index (κ3) is 2.93. The van der Waals surface area contributed by atoms with Gasteiger partial charge in [-0.3, -0.25) is 4.79 Å². The fourth-order valence-electron chi connectivity index (χ4n) is 2.68. The van der Waals surface area contributed by atoms with Gasteiger partial charge in [0.2, 0.25) is 0 Å². The third-order valence-corrected chi connectivity index (χ3v) is 3.94. The van der Waals surface area contributed by atoms with Crippen molar-refractivity contribution in [3.63, 3.8) is 0 Å². The molecule has 0 bridgehead atoms. The summed E-state index contributed by atoms with van der Waals surface area (Å²) in [6.45, 7) is 4.83. The lowest BCUT2D eigenvalue weighted by molar-refractivity contribution is 0.0713. The van der Waals surface area contributed by atoms with E-state index in [1.165, 1.54) is 0 Å². The second kappa shape index (κ2) is 6.13. The van der Waals surface area contributed by atoms with Crippen LogP contribution in [0.4, 0.5) is 5.69 Å². The lowest BCUT2D eigenvalue weighted by Crippen LogP contribution is -2.48. The first-order valence-corrected chi connectivity index (χ1v) is 7.42. The molecule has 5 nitrogen and oxygen atoms in total. The van der Waals surface area contributed by atoms with Crippen LogP contribution in [0.15, 0.2) is 40.8 Å². The van der Waals surface area contributed by atoms with Gasteiger partial charge in [0, 0.05) is 37.9 Å². The molecule has 1 aliphatic rings. The molecule has 116 valence electrons. The van der Waals surface area contributed by atoms with Crippen molar-refractivity contribution in [2.45, 2.75) is 6.92 Å². The summed E-state index contributed by atoms with van der Waals surface area (Å²) in [7, 11) is 1.67. The lowest BCUT2D eigenvalue weighted by Gasteiger charge is -2.35. The number of piperazine rings is 1. The number of carbonyl (C=O) groups excluding carboxylic acids is 1. The predicted octanol–water partition coefficient (Wildman–Crippen LogP) is 2.56. The summed E-state index contributed by atoms with van der Waals surface area (Å²) in [5, 5.41) is 0. The molecule has 0 aliphatic carbocycles. The number of rotatable bonds is 3. The first-order valence-electron chi connectivity index (χ1n) is 7.42. The van der Waals surface area contributed by atoms with Gasteiger partial charge in [-0.25, -0.2) is 0 Å². The summed E-state index contributed by atoms with van der Waals surface area (Å²) in [6, 6.07) is 11.6. The highest BCUT2D eigenvalue weighted by Crippen LogP contribution is 2.22. The van der Waals surface area contributed by atoms with E-state index < -0.39 is 0 Å². The Bertz CT molecular complexity index is 657. The van der Waals surface area contributed by atoms with E-state index in [0.717, 1.165) is 30.3 Å². The van der Waals surface area contributed by atoms with Crippen LogP contribution >= 0.6 is 0 Å². The number of amides is 1. The number of hydrogen-bond acceptors (Lipinski definition) is 4. The number of aryl methyl sites for hydroxylation is 1. The Morgan fingerprint density at radius 2 is 1.91 bits per heavy atom. The van der Waals surface area contributed by atoms with Gasteiger partial charge in [0.15, 0.2) is 5.76 Å². The lowest BCUT2D eigenvalue weighted by atomic mass is 10.2. The average Bonchev–Trinajstić information content (AvgIpc) is 3.01. The maximum atomic E-state index is 12.4. The number of ether oxygens (including phenoxy) is 1. The van der Waals surface area contributed by atoms with Crippen LogP contribution in [0.5, 0.6) is 5.75 Å². The fourth-order valence-corrected chi connectivity index (χ4v) is 2.68. The molecule has 22 heavy (non-hydrogen) atoms. The second-order valence-corrected chi connectivity index (χ2v) is 5.39. The molecular weight excluding hydrogens is 280 g/mol. The van der Waals surface area contributed by atoms with Gasteiger partial charge in [-0.2, -0.15) is 0 Å². The third-order valence-electron chi connectivity index (χ3n) is 3.94. The monoisotopic (exact) mass is 300 g/mol. The first kappa shape index (κ1) is 14.5. The summed E-state index contributed by atoms with van der Waals surface area (Å²) in [5.74, 6) is 2.01. The van der Waals surface area contributed by atoms with Gasteiger partial charge in [0.05, 0.1) is 7.11 Å². The van der Waals surface area contributed by atoms with E-state index in [1.54, 1.807) is 13.2 Å². The minimum absolute atomic E-state index is 0.0293. The number of anilines is 1. The molecule has 2 heterocycles. The Balaban J connectivity index is 1.63. The second-order valence-electron chi connectivity index (χ2n) is 5.39. The Morgan fingerprint density at radius 3 is 2.55 bits per heavy atom. The largest absolute Gasteiger partial charge is 0.497 e. The van der Waals surface area contributed by atoms with E-state index in [0.29, 0.717) is 18.8 Å². The zero-order valence-corrected chi connectivity index (χ0v) is 12.9.